The van der Waals surface area contributed by atoms with E-state index in [4.69, 9.17) is 21.1 Å². The van der Waals surface area contributed by atoms with Crippen LogP contribution in [0.25, 0.3) is 0 Å². The SMILES string of the molecule is CCOc1ccc(Cl)c(C(=O)c2ccc(OC)cc2)c1. The van der Waals surface area contributed by atoms with Crippen LogP contribution in [0.4, 0.5) is 0 Å². The molecule has 0 saturated heterocycles. The average Bonchev–Trinajstić information content (AvgIpc) is 2.49. The smallest absolute Gasteiger partial charge is 0.194 e. The highest BCUT2D eigenvalue weighted by Crippen LogP contribution is 2.25. The third-order valence-electron chi connectivity index (χ3n) is 2.85. The molecule has 0 amide bonds. The average molecular weight is 291 g/mol. The molecule has 0 aliphatic heterocycles. The van der Waals surface area contributed by atoms with Gasteiger partial charge in [-0.3, -0.25) is 4.79 Å². The molecule has 104 valence electrons. The van der Waals surface area contributed by atoms with Crippen LogP contribution in [0, 0.1) is 0 Å². The van der Waals surface area contributed by atoms with Crippen LogP contribution >= 0.6 is 11.6 Å². The van der Waals surface area contributed by atoms with E-state index in [9.17, 15) is 4.79 Å². The van der Waals surface area contributed by atoms with Gasteiger partial charge in [-0.05, 0) is 49.4 Å². The second-order valence-corrected chi connectivity index (χ2v) is 4.54. The summed E-state index contributed by atoms with van der Waals surface area (Å²) in [6.07, 6.45) is 0. The largest absolute Gasteiger partial charge is 0.497 e. The molecule has 0 bridgehead atoms. The van der Waals surface area contributed by atoms with Crippen LogP contribution < -0.4 is 9.47 Å². The van der Waals surface area contributed by atoms with Gasteiger partial charge in [-0.1, -0.05) is 11.6 Å². The van der Waals surface area contributed by atoms with Crippen LogP contribution in [0.1, 0.15) is 22.8 Å². The lowest BCUT2D eigenvalue weighted by Crippen LogP contribution is -2.03. The van der Waals surface area contributed by atoms with Crippen molar-refractivity contribution in [2.75, 3.05) is 13.7 Å². The predicted octanol–water partition coefficient (Wildman–Crippen LogP) is 3.98. The van der Waals surface area contributed by atoms with Gasteiger partial charge in [-0.2, -0.15) is 0 Å². The molecule has 0 N–H and O–H groups in total. The van der Waals surface area contributed by atoms with Crippen molar-refractivity contribution in [3.05, 3.63) is 58.6 Å². The maximum atomic E-state index is 12.4. The van der Waals surface area contributed by atoms with Crippen LogP contribution in [0.5, 0.6) is 11.5 Å². The van der Waals surface area contributed by atoms with E-state index >= 15 is 0 Å². The Bertz CT molecular complexity index is 606. The molecule has 2 aromatic rings. The first-order valence-electron chi connectivity index (χ1n) is 6.26. The number of hydrogen-bond donors (Lipinski definition) is 0. The highest BCUT2D eigenvalue weighted by atomic mass is 35.5. The van der Waals surface area contributed by atoms with E-state index < -0.39 is 0 Å². The maximum absolute atomic E-state index is 12.4. The molecule has 0 atom stereocenters. The van der Waals surface area contributed by atoms with Gasteiger partial charge in [-0.15, -0.1) is 0 Å². The Kier molecular flexibility index (Phi) is 4.64. The third-order valence-corrected chi connectivity index (χ3v) is 3.18. The molecular weight excluding hydrogens is 276 g/mol. The summed E-state index contributed by atoms with van der Waals surface area (Å²) in [5, 5.41) is 0.411. The quantitative estimate of drug-likeness (QED) is 0.781. The zero-order chi connectivity index (χ0) is 14.5. The first-order chi connectivity index (χ1) is 9.65. The number of rotatable bonds is 5. The number of ketones is 1. The summed E-state index contributed by atoms with van der Waals surface area (Å²) in [4.78, 5) is 12.4. The maximum Gasteiger partial charge on any atom is 0.194 e. The van der Waals surface area contributed by atoms with Crippen molar-refractivity contribution in [3.8, 4) is 11.5 Å². The Labute approximate surface area is 123 Å². The molecule has 0 aliphatic carbocycles. The zero-order valence-electron chi connectivity index (χ0n) is 11.4. The van der Waals surface area contributed by atoms with Crippen LogP contribution in [0.2, 0.25) is 5.02 Å². The molecule has 0 saturated carbocycles. The van der Waals surface area contributed by atoms with E-state index in [1.807, 2.05) is 6.92 Å². The van der Waals surface area contributed by atoms with Crippen molar-refractivity contribution >= 4 is 17.4 Å². The zero-order valence-corrected chi connectivity index (χ0v) is 12.1. The van der Waals surface area contributed by atoms with Crippen molar-refractivity contribution in [3.63, 3.8) is 0 Å². The Hall–Kier alpha value is -2.00. The van der Waals surface area contributed by atoms with Crippen molar-refractivity contribution < 1.29 is 14.3 Å². The van der Waals surface area contributed by atoms with Gasteiger partial charge in [0.1, 0.15) is 11.5 Å². The van der Waals surface area contributed by atoms with E-state index in [2.05, 4.69) is 0 Å². The Morgan fingerprint density at radius 1 is 1.10 bits per heavy atom. The normalized spacial score (nSPS) is 10.2. The monoisotopic (exact) mass is 290 g/mol. The molecule has 3 nitrogen and oxygen atoms in total. The van der Waals surface area contributed by atoms with E-state index in [0.29, 0.717) is 34.3 Å². The number of benzene rings is 2. The molecule has 0 aliphatic rings. The second-order valence-electron chi connectivity index (χ2n) is 4.13. The number of halogens is 1. The number of ether oxygens (including phenoxy) is 2. The molecule has 0 fully saturated rings. The molecule has 0 radical (unpaired) electrons. The fourth-order valence-electron chi connectivity index (χ4n) is 1.83. The number of methoxy groups -OCH3 is 1. The molecular formula is C16H15ClO3. The van der Waals surface area contributed by atoms with Gasteiger partial charge in [0, 0.05) is 11.1 Å². The predicted molar refractivity (Wildman–Crippen MR) is 79.0 cm³/mol. The minimum Gasteiger partial charge on any atom is -0.497 e. The molecule has 0 spiro atoms. The van der Waals surface area contributed by atoms with E-state index in [-0.39, 0.29) is 5.78 Å². The Morgan fingerprint density at radius 3 is 2.35 bits per heavy atom. The van der Waals surface area contributed by atoms with E-state index in [0.717, 1.165) is 0 Å². The van der Waals surface area contributed by atoms with Gasteiger partial charge in [0.15, 0.2) is 5.78 Å². The highest BCUT2D eigenvalue weighted by Gasteiger charge is 2.14. The fraction of sp³-hybridized carbons (Fsp3) is 0.188. The molecule has 4 heteroatoms. The summed E-state index contributed by atoms with van der Waals surface area (Å²) in [7, 11) is 1.58. The van der Waals surface area contributed by atoms with Crippen molar-refractivity contribution in [1.29, 1.82) is 0 Å². The molecule has 0 heterocycles. The summed E-state index contributed by atoms with van der Waals surface area (Å²) in [6.45, 7) is 2.43. The third kappa shape index (κ3) is 3.11. The minimum atomic E-state index is -0.140. The summed E-state index contributed by atoms with van der Waals surface area (Å²) >= 11 is 6.10. The number of carbonyl (C=O) groups excluding carboxylic acids is 1. The van der Waals surface area contributed by atoms with Gasteiger partial charge >= 0.3 is 0 Å². The van der Waals surface area contributed by atoms with Gasteiger partial charge in [0.05, 0.1) is 18.7 Å². The topological polar surface area (TPSA) is 35.5 Å². The fourth-order valence-corrected chi connectivity index (χ4v) is 2.04. The van der Waals surface area contributed by atoms with Crippen LogP contribution in [0.15, 0.2) is 42.5 Å². The van der Waals surface area contributed by atoms with Crippen LogP contribution in [-0.2, 0) is 0 Å². The van der Waals surface area contributed by atoms with Gasteiger partial charge in [0.25, 0.3) is 0 Å². The first kappa shape index (κ1) is 14.4. The minimum absolute atomic E-state index is 0.140. The van der Waals surface area contributed by atoms with Crippen molar-refractivity contribution in [2.45, 2.75) is 6.92 Å². The summed E-state index contributed by atoms with van der Waals surface area (Å²) in [5.41, 5.74) is 0.990. The van der Waals surface area contributed by atoms with Gasteiger partial charge in [-0.25, -0.2) is 0 Å². The molecule has 0 unspecified atom stereocenters. The van der Waals surface area contributed by atoms with Gasteiger partial charge < -0.3 is 9.47 Å². The van der Waals surface area contributed by atoms with Crippen LogP contribution in [-0.4, -0.2) is 19.5 Å². The number of carbonyl (C=O) groups is 1. The molecule has 2 rings (SSSR count). The molecule has 2 aromatic carbocycles. The summed E-state index contributed by atoms with van der Waals surface area (Å²) < 4.78 is 10.5. The lowest BCUT2D eigenvalue weighted by Gasteiger charge is -2.08. The second kappa shape index (κ2) is 6.44. The first-order valence-corrected chi connectivity index (χ1v) is 6.64. The molecule has 20 heavy (non-hydrogen) atoms. The lowest BCUT2D eigenvalue weighted by molar-refractivity contribution is 0.103. The lowest BCUT2D eigenvalue weighted by atomic mass is 10.0. The van der Waals surface area contributed by atoms with E-state index in [1.165, 1.54) is 0 Å². The van der Waals surface area contributed by atoms with Crippen molar-refractivity contribution in [1.82, 2.24) is 0 Å². The van der Waals surface area contributed by atoms with E-state index in [1.54, 1.807) is 49.6 Å². The summed E-state index contributed by atoms with van der Waals surface area (Å²) in [5.74, 6) is 1.20. The molecule has 0 aromatic heterocycles. The standard InChI is InChI=1S/C16H15ClO3/c1-3-20-13-8-9-15(17)14(10-13)16(18)11-4-6-12(19-2)7-5-11/h4-10H,3H2,1-2H3. The number of hydrogen-bond acceptors (Lipinski definition) is 3. The van der Waals surface area contributed by atoms with Gasteiger partial charge in [0.2, 0.25) is 0 Å². The Morgan fingerprint density at radius 2 is 1.75 bits per heavy atom. The highest BCUT2D eigenvalue weighted by molar-refractivity contribution is 6.35. The Balaban J connectivity index is 2.33. The summed E-state index contributed by atoms with van der Waals surface area (Å²) in [6, 6.07) is 12.0. The van der Waals surface area contributed by atoms with Crippen molar-refractivity contribution in [2.24, 2.45) is 0 Å². The van der Waals surface area contributed by atoms with Crippen LogP contribution in [0.3, 0.4) is 0 Å².